The molecular formula is C25H21Cl2N3O5. The van der Waals surface area contributed by atoms with E-state index in [1.807, 2.05) is 6.92 Å². The zero-order valence-electron chi connectivity index (χ0n) is 19.1. The summed E-state index contributed by atoms with van der Waals surface area (Å²) in [6.07, 6.45) is 0. The van der Waals surface area contributed by atoms with Crippen molar-refractivity contribution in [3.63, 3.8) is 0 Å². The second-order valence-electron chi connectivity index (χ2n) is 7.74. The largest absolute Gasteiger partial charge is 0.493 e. The van der Waals surface area contributed by atoms with Gasteiger partial charge in [-0.25, -0.2) is 9.36 Å². The van der Waals surface area contributed by atoms with Crippen LogP contribution in [-0.4, -0.2) is 29.3 Å². The van der Waals surface area contributed by atoms with E-state index < -0.39 is 23.7 Å². The van der Waals surface area contributed by atoms with Gasteiger partial charge in [-0.2, -0.15) is 0 Å². The molecule has 0 aliphatic rings. The molecular weight excluding hydrogens is 493 g/mol. The van der Waals surface area contributed by atoms with Gasteiger partial charge in [0.1, 0.15) is 6.54 Å². The SMILES string of the molecule is COc1cc2c(=O)n(-c3ccc(C)cc3)c(=O)n(CC(=O)Nc3cc(Cl)ccc3Cl)c2cc1OC. The standard InChI is InChI=1S/C25H21Cl2N3O5/c1-14-4-7-16(8-5-14)30-24(32)17-11-21(34-2)22(35-3)12-20(17)29(25(30)33)13-23(31)28-19-10-15(26)6-9-18(19)27/h4-12H,13H2,1-3H3,(H,28,31). The molecule has 4 aromatic rings. The molecule has 1 aromatic heterocycles. The van der Waals surface area contributed by atoms with Gasteiger partial charge in [-0.05, 0) is 43.3 Å². The van der Waals surface area contributed by atoms with Gasteiger partial charge in [-0.15, -0.1) is 0 Å². The second kappa shape index (κ2) is 9.85. The third-order valence-electron chi connectivity index (χ3n) is 5.44. The molecule has 180 valence electrons. The van der Waals surface area contributed by atoms with Crippen molar-refractivity contribution in [3.05, 3.63) is 91.0 Å². The van der Waals surface area contributed by atoms with Crippen molar-refractivity contribution >= 4 is 45.7 Å². The number of carbonyl (C=O) groups excluding carboxylic acids is 1. The zero-order valence-corrected chi connectivity index (χ0v) is 20.6. The van der Waals surface area contributed by atoms with Crippen molar-refractivity contribution in [2.24, 2.45) is 0 Å². The van der Waals surface area contributed by atoms with Crippen LogP contribution in [0.15, 0.2) is 64.2 Å². The van der Waals surface area contributed by atoms with E-state index in [0.29, 0.717) is 27.9 Å². The summed E-state index contributed by atoms with van der Waals surface area (Å²) in [7, 11) is 2.88. The molecule has 0 radical (unpaired) electrons. The second-order valence-corrected chi connectivity index (χ2v) is 8.59. The molecule has 0 spiro atoms. The quantitative estimate of drug-likeness (QED) is 0.411. The lowest BCUT2D eigenvalue weighted by atomic mass is 10.2. The van der Waals surface area contributed by atoms with Gasteiger partial charge in [-0.1, -0.05) is 40.9 Å². The van der Waals surface area contributed by atoms with Gasteiger partial charge < -0.3 is 14.8 Å². The summed E-state index contributed by atoms with van der Waals surface area (Å²) in [4.78, 5) is 40.0. The first kappa shape index (κ1) is 24.4. The first-order valence-electron chi connectivity index (χ1n) is 10.5. The van der Waals surface area contributed by atoms with E-state index in [-0.39, 0.29) is 15.9 Å². The molecule has 0 aliphatic carbocycles. The van der Waals surface area contributed by atoms with Crippen LogP contribution in [0.5, 0.6) is 11.5 Å². The van der Waals surface area contributed by atoms with Gasteiger partial charge in [0.25, 0.3) is 5.56 Å². The number of aromatic nitrogens is 2. The highest BCUT2D eigenvalue weighted by Gasteiger charge is 2.20. The molecule has 0 fully saturated rings. The van der Waals surface area contributed by atoms with Gasteiger partial charge in [0.2, 0.25) is 5.91 Å². The monoisotopic (exact) mass is 513 g/mol. The van der Waals surface area contributed by atoms with Crippen molar-refractivity contribution in [2.45, 2.75) is 13.5 Å². The number of aryl methyl sites for hydroxylation is 1. The minimum Gasteiger partial charge on any atom is -0.493 e. The maximum atomic E-state index is 13.6. The number of hydrogen-bond acceptors (Lipinski definition) is 5. The van der Waals surface area contributed by atoms with Gasteiger partial charge in [0.15, 0.2) is 11.5 Å². The molecule has 3 aromatic carbocycles. The fourth-order valence-corrected chi connectivity index (χ4v) is 4.03. The predicted octanol–water partition coefficient (Wildman–Crippen LogP) is 4.42. The van der Waals surface area contributed by atoms with Gasteiger partial charge >= 0.3 is 5.69 Å². The summed E-state index contributed by atoms with van der Waals surface area (Å²) in [5.41, 5.74) is 0.609. The third kappa shape index (κ3) is 4.76. The smallest absolute Gasteiger partial charge is 0.336 e. The summed E-state index contributed by atoms with van der Waals surface area (Å²) in [6, 6.07) is 14.5. The number of carbonyl (C=O) groups is 1. The summed E-state index contributed by atoms with van der Waals surface area (Å²) >= 11 is 12.2. The fraction of sp³-hybridized carbons (Fsp3) is 0.160. The highest BCUT2D eigenvalue weighted by molar-refractivity contribution is 6.35. The molecule has 10 heteroatoms. The van der Waals surface area contributed by atoms with E-state index in [1.165, 1.54) is 37.0 Å². The third-order valence-corrected chi connectivity index (χ3v) is 6.01. The Morgan fingerprint density at radius 3 is 2.26 bits per heavy atom. The first-order chi connectivity index (χ1) is 16.7. The molecule has 0 unspecified atom stereocenters. The normalized spacial score (nSPS) is 10.9. The van der Waals surface area contributed by atoms with E-state index in [2.05, 4.69) is 5.32 Å². The summed E-state index contributed by atoms with van der Waals surface area (Å²) in [5.74, 6) is 0.0771. The Bertz CT molecular complexity index is 1560. The van der Waals surface area contributed by atoms with Crippen LogP contribution in [0.2, 0.25) is 10.0 Å². The van der Waals surface area contributed by atoms with E-state index >= 15 is 0 Å². The van der Waals surface area contributed by atoms with Crippen LogP contribution in [0.1, 0.15) is 5.56 Å². The molecule has 1 heterocycles. The Labute approximate surface area is 210 Å². The summed E-state index contributed by atoms with van der Waals surface area (Å²) in [6.45, 7) is 1.49. The van der Waals surface area contributed by atoms with E-state index in [9.17, 15) is 14.4 Å². The summed E-state index contributed by atoms with van der Waals surface area (Å²) < 4.78 is 12.9. The average molecular weight is 514 g/mol. The van der Waals surface area contributed by atoms with Crippen molar-refractivity contribution in [1.29, 1.82) is 0 Å². The zero-order chi connectivity index (χ0) is 25.3. The molecule has 8 nitrogen and oxygen atoms in total. The molecule has 1 N–H and O–H groups in total. The Kier molecular flexibility index (Phi) is 6.86. The number of methoxy groups -OCH3 is 2. The highest BCUT2D eigenvalue weighted by Crippen LogP contribution is 2.31. The predicted molar refractivity (Wildman–Crippen MR) is 137 cm³/mol. The molecule has 0 atom stereocenters. The number of benzene rings is 3. The number of nitrogens with one attached hydrogen (secondary N) is 1. The topological polar surface area (TPSA) is 91.6 Å². The Balaban J connectivity index is 1.92. The Morgan fingerprint density at radius 1 is 0.943 bits per heavy atom. The number of nitrogens with zero attached hydrogens (tertiary/aromatic N) is 2. The van der Waals surface area contributed by atoms with Crippen LogP contribution in [0.25, 0.3) is 16.6 Å². The number of rotatable bonds is 6. The van der Waals surface area contributed by atoms with Crippen LogP contribution in [0.3, 0.4) is 0 Å². The minimum atomic E-state index is -0.689. The molecule has 35 heavy (non-hydrogen) atoms. The number of anilines is 1. The number of fused-ring (bicyclic) bond motifs is 1. The van der Waals surface area contributed by atoms with Crippen molar-refractivity contribution < 1.29 is 14.3 Å². The lowest BCUT2D eigenvalue weighted by molar-refractivity contribution is -0.116. The van der Waals surface area contributed by atoms with Crippen molar-refractivity contribution in [3.8, 4) is 17.2 Å². The van der Waals surface area contributed by atoms with Crippen LogP contribution in [0, 0.1) is 6.92 Å². The number of ether oxygens (including phenoxy) is 2. The number of amides is 1. The fourth-order valence-electron chi connectivity index (χ4n) is 3.69. The van der Waals surface area contributed by atoms with Gasteiger partial charge in [0.05, 0.1) is 41.5 Å². The van der Waals surface area contributed by atoms with Crippen molar-refractivity contribution in [2.75, 3.05) is 19.5 Å². The maximum absolute atomic E-state index is 13.6. The number of hydrogen-bond donors (Lipinski definition) is 1. The highest BCUT2D eigenvalue weighted by atomic mass is 35.5. The molecule has 4 rings (SSSR count). The van der Waals surface area contributed by atoms with Crippen LogP contribution < -0.4 is 26.0 Å². The summed E-state index contributed by atoms with van der Waals surface area (Å²) in [5, 5.41) is 3.52. The molecule has 0 saturated carbocycles. The number of halogens is 2. The van der Waals surface area contributed by atoms with Crippen LogP contribution >= 0.6 is 23.2 Å². The molecule has 0 bridgehead atoms. The van der Waals surface area contributed by atoms with E-state index in [4.69, 9.17) is 32.7 Å². The van der Waals surface area contributed by atoms with Crippen LogP contribution in [-0.2, 0) is 11.3 Å². The van der Waals surface area contributed by atoms with Gasteiger partial charge in [0, 0.05) is 11.1 Å². The maximum Gasteiger partial charge on any atom is 0.336 e. The molecule has 0 aliphatic heterocycles. The lowest BCUT2D eigenvalue weighted by Gasteiger charge is -2.17. The molecule has 1 amide bonds. The van der Waals surface area contributed by atoms with Crippen LogP contribution in [0.4, 0.5) is 5.69 Å². The average Bonchev–Trinajstić information content (AvgIpc) is 2.84. The van der Waals surface area contributed by atoms with E-state index in [1.54, 1.807) is 36.4 Å². The lowest BCUT2D eigenvalue weighted by Crippen LogP contribution is -2.40. The van der Waals surface area contributed by atoms with Gasteiger partial charge in [-0.3, -0.25) is 14.2 Å². The van der Waals surface area contributed by atoms with E-state index in [0.717, 1.165) is 10.1 Å². The first-order valence-corrected chi connectivity index (χ1v) is 11.2. The molecule has 0 saturated heterocycles. The Morgan fingerprint density at radius 2 is 1.60 bits per heavy atom. The Hall–Kier alpha value is -3.75. The minimum absolute atomic E-state index is 0.177. The van der Waals surface area contributed by atoms with Crippen molar-refractivity contribution in [1.82, 2.24) is 9.13 Å².